The summed E-state index contributed by atoms with van der Waals surface area (Å²) >= 11 is 9.51. The maximum absolute atomic E-state index is 11.9. The Bertz CT molecular complexity index is 633. The molecule has 5 heteroatoms. The molecule has 110 valence electrons. The number of nitrogens with one attached hydrogen (secondary N) is 2. The lowest BCUT2D eigenvalue weighted by atomic mass is 10.1. The van der Waals surface area contributed by atoms with E-state index < -0.39 is 0 Å². The highest BCUT2D eigenvalue weighted by Gasteiger charge is 2.10. The largest absolute Gasteiger partial charge is 0.325 e. The van der Waals surface area contributed by atoms with E-state index in [1.807, 2.05) is 55.5 Å². The van der Waals surface area contributed by atoms with Crippen molar-refractivity contribution in [2.75, 3.05) is 11.9 Å². The molecule has 21 heavy (non-hydrogen) atoms. The second kappa shape index (κ2) is 7.59. The molecular formula is C16H16BrClN2O. The number of benzene rings is 2. The summed E-state index contributed by atoms with van der Waals surface area (Å²) in [6, 6.07) is 15.1. The Hall–Kier alpha value is -1.36. The molecule has 0 aliphatic heterocycles. The average molecular weight is 368 g/mol. The average Bonchev–Trinajstić information content (AvgIpc) is 2.45. The van der Waals surface area contributed by atoms with Gasteiger partial charge in [0.15, 0.2) is 0 Å². The number of hydrogen-bond acceptors (Lipinski definition) is 2. The van der Waals surface area contributed by atoms with Crippen LogP contribution in [0.2, 0.25) is 5.02 Å². The van der Waals surface area contributed by atoms with Gasteiger partial charge in [-0.1, -0.05) is 51.8 Å². The first-order valence-corrected chi connectivity index (χ1v) is 7.76. The predicted octanol–water partition coefficient (Wildman–Crippen LogP) is 4.39. The quantitative estimate of drug-likeness (QED) is 0.823. The maximum Gasteiger partial charge on any atom is 0.238 e. The Morgan fingerprint density at radius 1 is 1.24 bits per heavy atom. The van der Waals surface area contributed by atoms with Gasteiger partial charge in [-0.05, 0) is 36.8 Å². The highest BCUT2D eigenvalue weighted by atomic mass is 79.9. The molecule has 2 aromatic rings. The minimum Gasteiger partial charge on any atom is -0.325 e. The zero-order chi connectivity index (χ0) is 15.2. The molecule has 0 heterocycles. The van der Waals surface area contributed by atoms with E-state index >= 15 is 0 Å². The Kier molecular flexibility index (Phi) is 5.79. The third-order valence-electron chi connectivity index (χ3n) is 3.05. The zero-order valence-electron chi connectivity index (χ0n) is 11.6. The molecule has 0 aromatic heterocycles. The van der Waals surface area contributed by atoms with Gasteiger partial charge in [0.2, 0.25) is 5.91 Å². The lowest BCUT2D eigenvalue weighted by Gasteiger charge is -2.15. The van der Waals surface area contributed by atoms with Crippen LogP contribution in [0.3, 0.4) is 0 Å². The summed E-state index contributed by atoms with van der Waals surface area (Å²) in [4.78, 5) is 11.9. The van der Waals surface area contributed by atoms with Gasteiger partial charge in [-0.3, -0.25) is 4.79 Å². The van der Waals surface area contributed by atoms with Crippen LogP contribution in [0.15, 0.2) is 53.0 Å². The van der Waals surface area contributed by atoms with Crippen molar-refractivity contribution in [3.05, 3.63) is 63.6 Å². The number of carbonyl (C=O) groups is 1. The van der Waals surface area contributed by atoms with Crippen molar-refractivity contribution in [2.45, 2.75) is 13.0 Å². The summed E-state index contributed by atoms with van der Waals surface area (Å²) in [6.07, 6.45) is 0. The number of anilines is 1. The van der Waals surface area contributed by atoms with Gasteiger partial charge in [0.1, 0.15) is 0 Å². The van der Waals surface area contributed by atoms with Crippen molar-refractivity contribution in [2.24, 2.45) is 0 Å². The van der Waals surface area contributed by atoms with Crippen LogP contribution < -0.4 is 10.6 Å². The standard InChI is InChI=1S/C16H16BrClN2O/c1-11(14-7-2-3-8-15(14)18)19-10-16(21)20-13-6-4-5-12(17)9-13/h2-9,11,19H,10H2,1H3,(H,20,21). The SMILES string of the molecule is CC(NCC(=O)Nc1cccc(Br)c1)c1ccccc1Cl. The molecule has 0 aliphatic carbocycles. The minimum atomic E-state index is -0.0907. The number of hydrogen-bond donors (Lipinski definition) is 2. The van der Waals surface area contributed by atoms with Gasteiger partial charge in [-0.2, -0.15) is 0 Å². The maximum atomic E-state index is 11.9. The van der Waals surface area contributed by atoms with E-state index in [0.717, 1.165) is 15.7 Å². The van der Waals surface area contributed by atoms with Gasteiger partial charge >= 0.3 is 0 Å². The summed E-state index contributed by atoms with van der Waals surface area (Å²) in [7, 11) is 0. The van der Waals surface area contributed by atoms with Gasteiger partial charge in [0, 0.05) is 21.2 Å². The van der Waals surface area contributed by atoms with Crippen LogP contribution in [-0.2, 0) is 4.79 Å². The molecule has 1 amide bonds. The third-order valence-corrected chi connectivity index (χ3v) is 3.89. The molecule has 2 aromatic carbocycles. The first-order chi connectivity index (χ1) is 10.1. The highest BCUT2D eigenvalue weighted by molar-refractivity contribution is 9.10. The Morgan fingerprint density at radius 2 is 2.00 bits per heavy atom. The fourth-order valence-electron chi connectivity index (χ4n) is 1.95. The van der Waals surface area contributed by atoms with Crippen molar-refractivity contribution in [1.82, 2.24) is 5.32 Å². The van der Waals surface area contributed by atoms with E-state index in [4.69, 9.17) is 11.6 Å². The molecule has 0 radical (unpaired) electrons. The predicted molar refractivity (Wildman–Crippen MR) is 90.6 cm³/mol. The normalized spacial score (nSPS) is 12.0. The number of amides is 1. The van der Waals surface area contributed by atoms with E-state index in [9.17, 15) is 4.79 Å². The number of halogens is 2. The molecule has 3 nitrogen and oxygen atoms in total. The molecule has 2 rings (SSSR count). The Labute approximate surface area is 137 Å². The van der Waals surface area contributed by atoms with Crippen LogP contribution in [0.4, 0.5) is 5.69 Å². The van der Waals surface area contributed by atoms with Crippen LogP contribution in [0, 0.1) is 0 Å². The fraction of sp³-hybridized carbons (Fsp3) is 0.188. The van der Waals surface area contributed by atoms with Crippen LogP contribution in [-0.4, -0.2) is 12.5 Å². The summed E-state index contributed by atoms with van der Waals surface area (Å²) in [6.45, 7) is 2.20. The Morgan fingerprint density at radius 3 is 2.71 bits per heavy atom. The molecule has 0 saturated carbocycles. The Balaban J connectivity index is 1.88. The van der Waals surface area contributed by atoms with Crippen LogP contribution in [0.5, 0.6) is 0 Å². The highest BCUT2D eigenvalue weighted by Crippen LogP contribution is 2.22. The van der Waals surface area contributed by atoms with E-state index in [-0.39, 0.29) is 18.5 Å². The molecular weight excluding hydrogens is 352 g/mol. The second-order valence-corrected chi connectivity index (χ2v) is 6.01. The number of rotatable bonds is 5. The van der Waals surface area contributed by atoms with Gasteiger partial charge in [-0.25, -0.2) is 0 Å². The summed E-state index contributed by atoms with van der Waals surface area (Å²) in [5, 5.41) is 6.70. The van der Waals surface area contributed by atoms with Crippen LogP contribution in [0.1, 0.15) is 18.5 Å². The lowest BCUT2D eigenvalue weighted by Crippen LogP contribution is -2.30. The molecule has 2 N–H and O–H groups in total. The zero-order valence-corrected chi connectivity index (χ0v) is 13.9. The van der Waals surface area contributed by atoms with Gasteiger partial charge in [0.25, 0.3) is 0 Å². The molecule has 0 spiro atoms. The van der Waals surface area contributed by atoms with Gasteiger partial charge in [-0.15, -0.1) is 0 Å². The van der Waals surface area contributed by atoms with Crippen molar-refractivity contribution >= 4 is 39.1 Å². The first kappa shape index (κ1) is 16.0. The van der Waals surface area contributed by atoms with Crippen molar-refractivity contribution in [3.63, 3.8) is 0 Å². The van der Waals surface area contributed by atoms with E-state index in [0.29, 0.717) is 5.02 Å². The monoisotopic (exact) mass is 366 g/mol. The smallest absolute Gasteiger partial charge is 0.238 e. The van der Waals surface area contributed by atoms with E-state index in [2.05, 4.69) is 26.6 Å². The molecule has 0 fully saturated rings. The molecule has 0 aliphatic rings. The topological polar surface area (TPSA) is 41.1 Å². The van der Waals surface area contributed by atoms with E-state index in [1.54, 1.807) is 0 Å². The fourth-order valence-corrected chi connectivity index (χ4v) is 2.65. The second-order valence-electron chi connectivity index (χ2n) is 4.68. The van der Waals surface area contributed by atoms with E-state index in [1.165, 1.54) is 0 Å². The molecule has 0 bridgehead atoms. The van der Waals surface area contributed by atoms with Crippen molar-refractivity contribution < 1.29 is 4.79 Å². The van der Waals surface area contributed by atoms with Crippen LogP contribution >= 0.6 is 27.5 Å². The van der Waals surface area contributed by atoms with Crippen molar-refractivity contribution in [1.29, 1.82) is 0 Å². The molecule has 1 unspecified atom stereocenters. The van der Waals surface area contributed by atoms with Gasteiger partial charge < -0.3 is 10.6 Å². The molecule has 1 atom stereocenters. The lowest BCUT2D eigenvalue weighted by molar-refractivity contribution is -0.115. The molecule has 0 saturated heterocycles. The number of carbonyl (C=O) groups excluding carboxylic acids is 1. The minimum absolute atomic E-state index is 0.00644. The first-order valence-electron chi connectivity index (χ1n) is 6.59. The van der Waals surface area contributed by atoms with Crippen LogP contribution in [0.25, 0.3) is 0 Å². The summed E-state index contributed by atoms with van der Waals surface area (Å²) < 4.78 is 0.928. The van der Waals surface area contributed by atoms with Crippen molar-refractivity contribution in [3.8, 4) is 0 Å². The third kappa shape index (κ3) is 4.84. The summed E-state index contributed by atoms with van der Waals surface area (Å²) in [5.41, 5.74) is 1.75. The summed E-state index contributed by atoms with van der Waals surface area (Å²) in [5.74, 6) is -0.0907. The van der Waals surface area contributed by atoms with Gasteiger partial charge in [0.05, 0.1) is 6.54 Å².